The first kappa shape index (κ1) is 13.1. The van der Waals surface area contributed by atoms with Gasteiger partial charge < -0.3 is 10.6 Å². The minimum atomic E-state index is 0.733. The zero-order valence-corrected chi connectivity index (χ0v) is 11.6. The Morgan fingerprint density at radius 1 is 1.29 bits per heavy atom. The number of nitrogen functional groups attached to an aromatic ring is 1. The number of rotatable bonds is 5. The van der Waals surface area contributed by atoms with Gasteiger partial charge in [-0.05, 0) is 62.8 Å². The zero-order chi connectivity index (χ0) is 12.1. The van der Waals surface area contributed by atoms with Crippen LogP contribution in [0.3, 0.4) is 0 Å². The SMILES string of the molecule is Nc1ccc(SCCCN2CCCC2)c(Cl)c1. The molecular weight excluding hydrogens is 252 g/mol. The van der Waals surface area contributed by atoms with E-state index in [4.69, 9.17) is 17.3 Å². The number of hydrogen-bond acceptors (Lipinski definition) is 3. The third-order valence-corrected chi connectivity index (χ3v) is 4.62. The van der Waals surface area contributed by atoms with Gasteiger partial charge in [0.25, 0.3) is 0 Å². The van der Waals surface area contributed by atoms with Crippen molar-refractivity contribution in [2.45, 2.75) is 24.2 Å². The predicted molar refractivity (Wildman–Crippen MR) is 76.9 cm³/mol. The van der Waals surface area contributed by atoms with Crippen LogP contribution < -0.4 is 5.73 Å². The summed E-state index contributed by atoms with van der Waals surface area (Å²) < 4.78 is 0. The quantitative estimate of drug-likeness (QED) is 0.504. The second-order valence-corrected chi connectivity index (χ2v) is 5.98. The van der Waals surface area contributed by atoms with Crippen molar-refractivity contribution in [3.8, 4) is 0 Å². The molecule has 2 rings (SSSR count). The van der Waals surface area contributed by atoms with Crippen molar-refractivity contribution in [3.63, 3.8) is 0 Å². The number of halogens is 1. The molecule has 1 fully saturated rings. The van der Waals surface area contributed by atoms with Crippen molar-refractivity contribution in [2.75, 3.05) is 31.1 Å². The van der Waals surface area contributed by atoms with Gasteiger partial charge in [0, 0.05) is 10.6 Å². The zero-order valence-electron chi connectivity index (χ0n) is 9.99. The lowest BCUT2D eigenvalue weighted by molar-refractivity contribution is 0.341. The monoisotopic (exact) mass is 270 g/mol. The lowest BCUT2D eigenvalue weighted by Crippen LogP contribution is -2.20. The van der Waals surface area contributed by atoms with E-state index in [2.05, 4.69) is 4.90 Å². The van der Waals surface area contributed by atoms with E-state index in [0.717, 1.165) is 21.4 Å². The summed E-state index contributed by atoms with van der Waals surface area (Å²) in [6, 6.07) is 5.75. The maximum atomic E-state index is 6.12. The third kappa shape index (κ3) is 4.09. The smallest absolute Gasteiger partial charge is 0.0562 e. The largest absolute Gasteiger partial charge is 0.399 e. The Hall–Kier alpha value is -0.380. The van der Waals surface area contributed by atoms with Crippen molar-refractivity contribution in [2.24, 2.45) is 0 Å². The highest BCUT2D eigenvalue weighted by Gasteiger charge is 2.10. The molecule has 1 heterocycles. The van der Waals surface area contributed by atoms with E-state index in [-0.39, 0.29) is 0 Å². The fraction of sp³-hybridized carbons (Fsp3) is 0.538. The van der Waals surface area contributed by atoms with Crippen LogP contribution in [0, 0.1) is 0 Å². The number of nitrogens with two attached hydrogens (primary N) is 1. The lowest BCUT2D eigenvalue weighted by Gasteiger charge is -2.13. The summed E-state index contributed by atoms with van der Waals surface area (Å²) in [5, 5.41) is 0.774. The van der Waals surface area contributed by atoms with Crippen molar-refractivity contribution < 1.29 is 0 Å². The number of nitrogens with zero attached hydrogens (tertiary/aromatic N) is 1. The molecule has 1 aromatic rings. The summed E-state index contributed by atoms with van der Waals surface area (Å²) in [7, 11) is 0. The molecule has 0 bridgehead atoms. The molecule has 1 saturated heterocycles. The molecule has 4 heteroatoms. The second kappa shape index (κ2) is 6.53. The molecule has 17 heavy (non-hydrogen) atoms. The van der Waals surface area contributed by atoms with Gasteiger partial charge in [-0.25, -0.2) is 0 Å². The van der Waals surface area contributed by atoms with Gasteiger partial charge in [0.2, 0.25) is 0 Å². The van der Waals surface area contributed by atoms with E-state index in [9.17, 15) is 0 Å². The molecular formula is C13H19ClN2S. The number of thioether (sulfide) groups is 1. The molecule has 1 aliphatic rings. The first-order valence-corrected chi connectivity index (χ1v) is 7.52. The minimum absolute atomic E-state index is 0.733. The van der Waals surface area contributed by atoms with Crippen molar-refractivity contribution in [1.29, 1.82) is 0 Å². The van der Waals surface area contributed by atoms with Gasteiger partial charge in [-0.3, -0.25) is 0 Å². The molecule has 2 N–H and O–H groups in total. The number of anilines is 1. The summed E-state index contributed by atoms with van der Waals surface area (Å²) in [5.41, 5.74) is 6.40. The highest BCUT2D eigenvalue weighted by atomic mass is 35.5. The maximum Gasteiger partial charge on any atom is 0.0562 e. The fourth-order valence-corrected chi connectivity index (χ4v) is 3.32. The Kier molecular flexibility index (Phi) is 5.01. The molecule has 0 saturated carbocycles. The Bertz CT molecular complexity index is 364. The van der Waals surface area contributed by atoms with Gasteiger partial charge in [0.15, 0.2) is 0 Å². The summed E-state index contributed by atoms with van der Waals surface area (Å²) in [6.07, 6.45) is 3.97. The molecule has 0 aromatic heterocycles. The Morgan fingerprint density at radius 3 is 2.76 bits per heavy atom. The van der Waals surface area contributed by atoms with E-state index in [1.807, 2.05) is 30.0 Å². The first-order valence-electron chi connectivity index (χ1n) is 6.16. The van der Waals surface area contributed by atoms with Crippen LogP contribution in [0.4, 0.5) is 5.69 Å². The lowest BCUT2D eigenvalue weighted by atomic mass is 10.3. The maximum absolute atomic E-state index is 6.12. The van der Waals surface area contributed by atoms with Crippen LogP contribution in [0.2, 0.25) is 5.02 Å². The molecule has 94 valence electrons. The van der Waals surface area contributed by atoms with Crippen LogP contribution in [0.15, 0.2) is 23.1 Å². The summed E-state index contributed by atoms with van der Waals surface area (Å²) in [6.45, 7) is 3.79. The van der Waals surface area contributed by atoms with Crippen molar-refractivity contribution >= 4 is 29.1 Å². The fourth-order valence-electron chi connectivity index (χ4n) is 2.11. The van der Waals surface area contributed by atoms with E-state index in [1.54, 1.807) is 0 Å². The Balaban J connectivity index is 1.70. The average Bonchev–Trinajstić information content (AvgIpc) is 2.79. The van der Waals surface area contributed by atoms with Gasteiger partial charge in [-0.2, -0.15) is 0 Å². The van der Waals surface area contributed by atoms with E-state index < -0.39 is 0 Å². The van der Waals surface area contributed by atoms with E-state index in [0.29, 0.717) is 0 Å². The van der Waals surface area contributed by atoms with Crippen LogP contribution >= 0.6 is 23.4 Å². The van der Waals surface area contributed by atoms with Gasteiger partial charge >= 0.3 is 0 Å². The van der Waals surface area contributed by atoms with Crippen LogP contribution in [0.25, 0.3) is 0 Å². The molecule has 1 aromatic carbocycles. The van der Waals surface area contributed by atoms with Gasteiger partial charge in [-0.15, -0.1) is 11.8 Å². The van der Waals surface area contributed by atoms with E-state index in [1.165, 1.54) is 38.9 Å². The summed E-state index contributed by atoms with van der Waals surface area (Å²) in [5.74, 6) is 1.13. The van der Waals surface area contributed by atoms with E-state index >= 15 is 0 Å². The molecule has 2 nitrogen and oxygen atoms in total. The van der Waals surface area contributed by atoms with Crippen molar-refractivity contribution in [3.05, 3.63) is 23.2 Å². The molecule has 0 atom stereocenters. The molecule has 1 aliphatic heterocycles. The van der Waals surface area contributed by atoms with Crippen LogP contribution in [-0.2, 0) is 0 Å². The van der Waals surface area contributed by atoms with Gasteiger partial charge in [-0.1, -0.05) is 11.6 Å². The molecule has 0 unspecified atom stereocenters. The molecule has 0 spiro atoms. The summed E-state index contributed by atoms with van der Waals surface area (Å²) >= 11 is 7.95. The Labute approximate surface area is 113 Å². The molecule has 0 aliphatic carbocycles. The second-order valence-electron chi connectivity index (χ2n) is 4.44. The predicted octanol–water partition coefficient (Wildman–Crippen LogP) is 3.50. The number of likely N-dealkylation sites (tertiary alicyclic amines) is 1. The standard InChI is InChI=1S/C13H19ClN2S/c14-12-10-11(15)4-5-13(12)17-9-3-8-16-6-1-2-7-16/h4-5,10H,1-3,6-9,15H2. The summed E-state index contributed by atoms with van der Waals surface area (Å²) in [4.78, 5) is 3.69. The van der Waals surface area contributed by atoms with Crippen molar-refractivity contribution in [1.82, 2.24) is 4.90 Å². The first-order chi connectivity index (χ1) is 8.25. The number of benzene rings is 1. The topological polar surface area (TPSA) is 29.3 Å². The average molecular weight is 271 g/mol. The normalized spacial score (nSPS) is 16.5. The van der Waals surface area contributed by atoms with Crippen LogP contribution in [0.5, 0.6) is 0 Å². The highest BCUT2D eigenvalue weighted by Crippen LogP contribution is 2.29. The molecule has 0 radical (unpaired) electrons. The third-order valence-electron chi connectivity index (χ3n) is 3.03. The molecule has 0 amide bonds. The highest BCUT2D eigenvalue weighted by molar-refractivity contribution is 7.99. The van der Waals surface area contributed by atoms with Crippen LogP contribution in [0.1, 0.15) is 19.3 Å². The minimum Gasteiger partial charge on any atom is -0.399 e. The number of hydrogen-bond donors (Lipinski definition) is 1. The van der Waals surface area contributed by atoms with Gasteiger partial charge in [0.05, 0.1) is 5.02 Å². The van der Waals surface area contributed by atoms with Gasteiger partial charge in [0.1, 0.15) is 0 Å². The Morgan fingerprint density at radius 2 is 2.06 bits per heavy atom. The van der Waals surface area contributed by atoms with Crippen LogP contribution in [-0.4, -0.2) is 30.3 Å².